The second-order valence-electron chi connectivity index (χ2n) is 4.65. The molecule has 0 aromatic rings. The first kappa shape index (κ1) is 11.5. The van der Waals surface area contributed by atoms with E-state index in [1.807, 2.05) is 14.0 Å². The zero-order valence-electron chi connectivity index (χ0n) is 9.51. The molecule has 0 aliphatic heterocycles. The number of nitrogens with one attached hydrogen (secondary N) is 1. The normalized spacial score (nSPS) is 20.5. The lowest BCUT2D eigenvalue weighted by atomic mass is 10.00. The second kappa shape index (κ2) is 4.77. The molecule has 1 rings (SSSR count). The fourth-order valence-corrected chi connectivity index (χ4v) is 1.48. The first-order chi connectivity index (χ1) is 6.59. The molecular weight excluding hydrogens is 174 g/mol. The molecule has 1 aliphatic rings. The summed E-state index contributed by atoms with van der Waals surface area (Å²) in [5.41, 5.74) is -0.363. The third-order valence-corrected chi connectivity index (χ3v) is 3.06. The van der Waals surface area contributed by atoms with Gasteiger partial charge in [-0.1, -0.05) is 0 Å². The van der Waals surface area contributed by atoms with E-state index in [4.69, 9.17) is 5.26 Å². The minimum absolute atomic E-state index is 0.363. The highest BCUT2D eigenvalue weighted by molar-refractivity contribution is 5.03. The minimum atomic E-state index is -0.363. The maximum absolute atomic E-state index is 8.96. The molecule has 0 heterocycles. The van der Waals surface area contributed by atoms with Crippen molar-refractivity contribution >= 4 is 0 Å². The van der Waals surface area contributed by atoms with Crippen LogP contribution in [0.15, 0.2) is 0 Å². The minimum Gasteiger partial charge on any atom is -0.306 e. The molecule has 0 bridgehead atoms. The third kappa shape index (κ3) is 3.65. The van der Waals surface area contributed by atoms with Gasteiger partial charge in [-0.25, -0.2) is 0 Å². The Bertz CT molecular complexity index is 217. The average Bonchev–Trinajstić information content (AvgIpc) is 2.98. The Hall–Kier alpha value is -0.590. The van der Waals surface area contributed by atoms with Gasteiger partial charge in [0, 0.05) is 13.1 Å². The molecule has 1 N–H and O–H groups in total. The predicted octanol–water partition coefficient (Wildman–Crippen LogP) is 1.22. The summed E-state index contributed by atoms with van der Waals surface area (Å²) >= 11 is 0. The molecule has 14 heavy (non-hydrogen) atoms. The largest absolute Gasteiger partial charge is 0.306 e. The Labute approximate surface area is 87.1 Å². The highest BCUT2D eigenvalue weighted by atomic mass is 15.1. The van der Waals surface area contributed by atoms with Crippen molar-refractivity contribution in [2.45, 2.75) is 31.7 Å². The van der Waals surface area contributed by atoms with Crippen molar-refractivity contribution in [2.75, 3.05) is 27.2 Å². The first-order valence-electron chi connectivity index (χ1n) is 5.38. The van der Waals surface area contributed by atoms with Gasteiger partial charge in [-0.2, -0.15) is 5.26 Å². The first-order valence-corrected chi connectivity index (χ1v) is 5.38. The summed E-state index contributed by atoms with van der Waals surface area (Å²) in [5.74, 6) is 0.933. The SMILES string of the molecule is CNC(C)(C#N)CCN(C)CC1CC1. The number of rotatable bonds is 6. The molecule has 0 spiro atoms. The van der Waals surface area contributed by atoms with Crippen LogP contribution in [0.1, 0.15) is 26.2 Å². The molecule has 1 unspecified atom stereocenters. The average molecular weight is 195 g/mol. The Morgan fingerprint density at radius 3 is 2.64 bits per heavy atom. The molecule has 3 nitrogen and oxygen atoms in total. The van der Waals surface area contributed by atoms with Gasteiger partial charge in [0.2, 0.25) is 0 Å². The quantitative estimate of drug-likeness (QED) is 0.692. The molecule has 0 aromatic heterocycles. The summed E-state index contributed by atoms with van der Waals surface area (Å²) in [6, 6.07) is 2.31. The van der Waals surface area contributed by atoms with Gasteiger partial charge in [0.15, 0.2) is 0 Å². The molecule has 0 radical (unpaired) electrons. The van der Waals surface area contributed by atoms with Gasteiger partial charge in [0.25, 0.3) is 0 Å². The van der Waals surface area contributed by atoms with E-state index in [1.165, 1.54) is 19.4 Å². The lowest BCUT2D eigenvalue weighted by Gasteiger charge is -2.24. The van der Waals surface area contributed by atoms with Crippen LogP contribution in [-0.2, 0) is 0 Å². The van der Waals surface area contributed by atoms with E-state index in [0.29, 0.717) is 0 Å². The molecular formula is C11H21N3. The molecule has 1 aliphatic carbocycles. The number of nitriles is 1. The maximum atomic E-state index is 8.96. The van der Waals surface area contributed by atoms with E-state index >= 15 is 0 Å². The van der Waals surface area contributed by atoms with E-state index in [2.05, 4.69) is 23.3 Å². The number of nitrogens with zero attached hydrogens (tertiary/aromatic N) is 2. The molecule has 1 saturated carbocycles. The van der Waals surface area contributed by atoms with Crippen LogP contribution in [0.3, 0.4) is 0 Å². The lowest BCUT2D eigenvalue weighted by molar-refractivity contribution is 0.284. The van der Waals surface area contributed by atoms with Gasteiger partial charge in [0.1, 0.15) is 5.54 Å². The molecule has 0 aromatic carbocycles. The Morgan fingerprint density at radius 1 is 1.57 bits per heavy atom. The van der Waals surface area contributed by atoms with Crippen LogP contribution in [0.25, 0.3) is 0 Å². The second-order valence-corrected chi connectivity index (χ2v) is 4.65. The molecule has 80 valence electrons. The summed E-state index contributed by atoms with van der Waals surface area (Å²) in [6.07, 6.45) is 3.68. The van der Waals surface area contributed by atoms with Gasteiger partial charge in [-0.05, 0) is 46.2 Å². The van der Waals surface area contributed by atoms with Crippen molar-refractivity contribution in [2.24, 2.45) is 5.92 Å². The predicted molar refractivity (Wildman–Crippen MR) is 57.9 cm³/mol. The molecule has 0 amide bonds. The maximum Gasteiger partial charge on any atom is 0.104 e. The van der Waals surface area contributed by atoms with Gasteiger partial charge in [-0.15, -0.1) is 0 Å². The standard InChI is InChI=1S/C11H21N3/c1-11(9-12,13-2)6-7-14(3)8-10-4-5-10/h10,13H,4-8H2,1-3H3. The van der Waals surface area contributed by atoms with Crippen LogP contribution >= 0.6 is 0 Å². The summed E-state index contributed by atoms with van der Waals surface area (Å²) in [4.78, 5) is 2.34. The summed E-state index contributed by atoms with van der Waals surface area (Å²) in [7, 11) is 4.00. The van der Waals surface area contributed by atoms with Gasteiger partial charge in [0.05, 0.1) is 6.07 Å². The smallest absolute Gasteiger partial charge is 0.104 e. The van der Waals surface area contributed by atoms with Gasteiger partial charge in [-0.3, -0.25) is 0 Å². The highest BCUT2D eigenvalue weighted by Crippen LogP contribution is 2.29. The van der Waals surface area contributed by atoms with Crippen molar-refractivity contribution in [3.63, 3.8) is 0 Å². The van der Waals surface area contributed by atoms with Gasteiger partial charge >= 0.3 is 0 Å². The van der Waals surface area contributed by atoms with Crippen molar-refractivity contribution in [1.29, 1.82) is 5.26 Å². The topological polar surface area (TPSA) is 39.1 Å². The zero-order chi connectivity index (χ0) is 10.6. The fraction of sp³-hybridized carbons (Fsp3) is 0.909. The molecule has 1 atom stereocenters. The Balaban J connectivity index is 2.20. The summed E-state index contributed by atoms with van der Waals surface area (Å²) < 4.78 is 0. The zero-order valence-corrected chi connectivity index (χ0v) is 9.51. The van der Waals surface area contributed by atoms with Crippen molar-refractivity contribution in [3.05, 3.63) is 0 Å². The van der Waals surface area contributed by atoms with Crippen molar-refractivity contribution in [3.8, 4) is 6.07 Å². The van der Waals surface area contributed by atoms with Crippen LogP contribution in [0.5, 0.6) is 0 Å². The monoisotopic (exact) mass is 195 g/mol. The van der Waals surface area contributed by atoms with E-state index < -0.39 is 0 Å². The van der Waals surface area contributed by atoms with Crippen molar-refractivity contribution in [1.82, 2.24) is 10.2 Å². The van der Waals surface area contributed by atoms with Crippen LogP contribution < -0.4 is 5.32 Å². The Morgan fingerprint density at radius 2 is 2.21 bits per heavy atom. The number of hydrogen-bond donors (Lipinski definition) is 1. The third-order valence-electron chi connectivity index (χ3n) is 3.06. The van der Waals surface area contributed by atoms with Crippen LogP contribution in [-0.4, -0.2) is 37.6 Å². The Kier molecular flexibility index (Phi) is 3.91. The molecule has 3 heteroatoms. The van der Waals surface area contributed by atoms with Crippen molar-refractivity contribution < 1.29 is 0 Å². The van der Waals surface area contributed by atoms with Crippen LogP contribution in [0, 0.1) is 17.2 Å². The molecule has 0 saturated heterocycles. The number of hydrogen-bond acceptors (Lipinski definition) is 3. The van der Waals surface area contributed by atoms with E-state index in [1.54, 1.807) is 0 Å². The summed E-state index contributed by atoms with van der Waals surface area (Å²) in [5, 5.41) is 12.0. The highest BCUT2D eigenvalue weighted by Gasteiger charge is 2.25. The molecule has 1 fully saturated rings. The van der Waals surface area contributed by atoms with Crippen LogP contribution in [0.4, 0.5) is 0 Å². The van der Waals surface area contributed by atoms with E-state index in [-0.39, 0.29) is 5.54 Å². The fourth-order valence-electron chi connectivity index (χ4n) is 1.48. The van der Waals surface area contributed by atoms with Crippen LogP contribution in [0.2, 0.25) is 0 Å². The lowest BCUT2D eigenvalue weighted by Crippen LogP contribution is -2.41. The van der Waals surface area contributed by atoms with Gasteiger partial charge < -0.3 is 10.2 Å². The van der Waals surface area contributed by atoms with E-state index in [0.717, 1.165) is 18.9 Å². The van der Waals surface area contributed by atoms with E-state index in [9.17, 15) is 0 Å². The summed E-state index contributed by atoms with van der Waals surface area (Å²) in [6.45, 7) is 4.16.